The summed E-state index contributed by atoms with van der Waals surface area (Å²) in [5.41, 5.74) is 0. The van der Waals surface area contributed by atoms with Crippen LogP contribution < -0.4 is 0 Å². The van der Waals surface area contributed by atoms with Crippen molar-refractivity contribution in [3.63, 3.8) is 0 Å². The Balaban J connectivity index is 4.13. The van der Waals surface area contributed by atoms with Gasteiger partial charge in [0.2, 0.25) is 0 Å². The van der Waals surface area contributed by atoms with E-state index in [0.29, 0.717) is 0 Å². The Morgan fingerprint density at radius 2 is 0.113 bits per heavy atom. The minimum Gasteiger partial charge on any atom is -0.0991 e. The van der Waals surface area contributed by atoms with Crippen LogP contribution >= 0.6 is 0 Å². The number of rotatable bonds is 56. The van der Waals surface area contributed by atoms with Crippen molar-refractivity contribution in [1.82, 2.24) is 0 Å². The molecule has 0 nitrogen and oxygen atoms in total. The highest BCUT2D eigenvalue weighted by atomic mass is 13.8. The first-order valence-corrected chi connectivity index (χ1v) is 38.3. The summed E-state index contributed by atoms with van der Waals surface area (Å²) in [4.78, 5) is 0. The van der Waals surface area contributed by atoms with Gasteiger partial charge in [-0.2, -0.15) is 0 Å². The molecular formula is C115H118. The van der Waals surface area contributed by atoms with Crippen molar-refractivity contribution in [1.29, 1.82) is 0 Å². The van der Waals surface area contributed by atoms with Gasteiger partial charge >= 0.3 is 0 Å². The van der Waals surface area contributed by atoms with Crippen LogP contribution in [0.25, 0.3) is 0 Å². The van der Waals surface area contributed by atoms with Gasteiger partial charge in [0.15, 0.2) is 0 Å². The molecule has 0 spiro atoms. The zero-order valence-electron chi connectivity index (χ0n) is 66.9. The molecule has 0 aliphatic rings. The normalized spacial score (nSPS) is 15.7. The first-order chi connectivity index (χ1) is 57.4. The smallest absolute Gasteiger partial charge is 0.0467 e. The monoisotopic (exact) mass is 1500 g/mol. The van der Waals surface area contributed by atoms with E-state index in [1.807, 2.05) is 687 Å². The third kappa shape index (κ3) is 99.2. The molecule has 578 valence electrons. The van der Waals surface area contributed by atoms with Crippen LogP contribution in [0.3, 0.4) is 0 Å². The fraction of sp³-hybridized carbons (Fsp3) is 0.00870. The lowest BCUT2D eigenvalue weighted by Gasteiger charge is -1.77. The van der Waals surface area contributed by atoms with Crippen LogP contribution in [0.5, 0.6) is 0 Å². The predicted molar refractivity (Wildman–Crippen MR) is 528 cm³/mol. The van der Waals surface area contributed by atoms with Crippen LogP contribution in [0.4, 0.5) is 0 Å². The van der Waals surface area contributed by atoms with Crippen LogP contribution in [0, 0.1) is 0 Å². The standard InChI is InChI=1S/C115H118/c1-3-5-7-9-11-13-15-17-19-21-23-25-27-29-31-33-35-37-39-41-43-45-47-49-51-53-55-57-59-61-63-65-67-69-71-73-75-77-79-81-83-85-87-89-91-93-95-97-99-101-103-105-107-109-111-113-115-114-112-110-108-106-104-102-100-98-96-94-92-90-88-86-84-82-80-78-76-74-72-70-68-66-64-62-60-58-56-54-52-50-48-46-44-42-40-38-36-34-32-30-28-26-24-22-20-18-16-14-12-10-8-6-4-2/h3-115H,1H2,2H3. The van der Waals surface area contributed by atoms with Gasteiger partial charge in [-0.05, 0) is 6.92 Å². The van der Waals surface area contributed by atoms with E-state index in [9.17, 15) is 0 Å². The minimum absolute atomic E-state index is 1.75. The summed E-state index contributed by atoms with van der Waals surface area (Å²) in [6.45, 7) is 5.64. The van der Waals surface area contributed by atoms with Crippen LogP contribution in [-0.4, -0.2) is 0 Å². The van der Waals surface area contributed by atoms with Crippen LogP contribution in [0.15, 0.2) is 693 Å². The van der Waals surface area contributed by atoms with Crippen LogP contribution in [0.2, 0.25) is 0 Å². The second-order valence-electron chi connectivity index (χ2n) is 21.9. The molecule has 0 heterocycles. The third-order valence-corrected chi connectivity index (χ3v) is 12.6. The van der Waals surface area contributed by atoms with Crippen molar-refractivity contribution >= 4 is 0 Å². The van der Waals surface area contributed by atoms with Gasteiger partial charge in [0.05, 0.1) is 0 Å². The average Bonchev–Trinajstić information content (AvgIpc) is 2.89. The Hall–Kier alpha value is -14.8. The molecule has 0 aromatic rings. The van der Waals surface area contributed by atoms with Gasteiger partial charge in [-0.25, -0.2) is 0 Å². The van der Waals surface area contributed by atoms with Crippen LogP contribution in [0.1, 0.15) is 6.92 Å². The molecule has 0 saturated carbocycles. The molecular weight excluding hydrogens is 1380 g/mol. The maximum absolute atomic E-state index is 3.64. The molecule has 0 aromatic carbocycles. The number of allylic oxidation sites excluding steroid dienone is 113. The van der Waals surface area contributed by atoms with Gasteiger partial charge in [-0.15, -0.1) is 0 Å². The van der Waals surface area contributed by atoms with Crippen molar-refractivity contribution in [2.24, 2.45) is 0 Å². The summed E-state index contributed by atoms with van der Waals surface area (Å²) < 4.78 is 0. The first-order valence-electron chi connectivity index (χ1n) is 38.3. The van der Waals surface area contributed by atoms with Gasteiger partial charge < -0.3 is 0 Å². The molecule has 0 amide bonds. The van der Waals surface area contributed by atoms with Gasteiger partial charge in [0, 0.05) is 0 Å². The Labute approximate surface area is 695 Å². The van der Waals surface area contributed by atoms with Crippen molar-refractivity contribution < 1.29 is 0 Å². The van der Waals surface area contributed by atoms with E-state index in [1.165, 1.54) is 0 Å². The highest BCUT2D eigenvalue weighted by molar-refractivity contribution is 5.33. The quantitative estimate of drug-likeness (QED) is 0.0533. The first kappa shape index (κ1) is 100. The highest BCUT2D eigenvalue weighted by Crippen LogP contribution is 1.97. The molecule has 0 rings (SSSR count). The van der Waals surface area contributed by atoms with Gasteiger partial charge in [0.25, 0.3) is 0 Å². The molecule has 0 bridgehead atoms. The summed E-state index contributed by atoms with van der Waals surface area (Å²) in [5, 5.41) is 0. The van der Waals surface area contributed by atoms with Gasteiger partial charge in [-0.3, -0.25) is 0 Å². The molecule has 115 heavy (non-hydrogen) atoms. The second-order valence-corrected chi connectivity index (χ2v) is 21.9. The minimum atomic E-state index is 1.75. The maximum Gasteiger partial charge on any atom is -0.0467 e. The van der Waals surface area contributed by atoms with Crippen molar-refractivity contribution in [3.8, 4) is 0 Å². The van der Waals surface area contributed by atoms with Crippen molar-refractivity contribution in [2.45, 2.75) is 6.92 Å². The predicted octanol–water partition coefficient (Wildman–Crippen LogP) is 32.3. The van der Waals surface area contributed by atoms with E-state index in [1.54, 1.807) is 6.08 Å². The van der Waals surface area contributed by atoms with Gasteiger partial charge in [0.1, 0.15) is 0 Å². The fourth-order valence-electron chi connectivity index (χ4n) is 7.18. The summed E-state index contributed by atoms with van der Waals surface area (Å²) in [7, 11) is 0. The average molecular weight is 1500 g/mol. The molecule has 0 fully saturated rings. The molecule has 0 aliphatic heterocycles. The molecule has 0 aromatic heterocycles. The molecule has 0 aliphatic carbocycles. The maximum atomic E-state index is 3.64. The van der Waals surface area contributed by atoms with E-state index in [4.69, 9.17) is 0 Å². The zero-order valence-corrected chi connectivity index (χ0v) is 66.9. The summed E-state index contributed by atoms with van der Waals surface area (Å²) >= 11 is 0. The fourth-order valence-corrected chi connectivity index (χ4v) is 7.18. The Morgan fingerprint density at radius 3 is 0.157 bits per heavy atom. The summed E-state index contributed by atoms with van der Waals surface area (Å²) in [5.74, 6) is 0. The number of hydrogen-bond donors (Lipinski definition) is 0. The molecule has 0 heteroatoms. The van der Waals surface area contributed by atoms with E-state index < -0.39 is 0 Å². The number of hydrogen-bond acceptors (Lipinski definition) is 0. The molecule has 0 radical (unpaired) electrons. The summed E-state index contributed by atoms with van der Waals surface area (Å²) in [6.07, 6.45) is 225. The highest BCUT2D eigenvalue weighted by Gasteiger charge is 1.75. The lowest BCUT2D eigenvalue weighted by Crippen LogP contribution is -1.55. The Morgan fingerprint density at radius 1 is 0.0696 bits per heavy atom. The SMILES string of the molecule is C=CC=CC=CC=CC=CC=CC=CC=CC=CC=CC=CC=CC=CC=CC=CC=CC=CC=CC=CC=CC=CC=CC=CC=CC=CC=CC=CC=CC=CC=CC=CC=CC=CC=CC=CC=CC=CC=CC=CC=CC=CC=CC=CC=CC=CC=CC=CC=CC=CC=CC=CC=CC=CC=CC=CC=CC=CC. The van der Waals surface area contributed by atoms with E-state index in [2.05, 4.69) is 6.58 Å². The zero-order chi connectivity index (χ0) is 81.9. The van der Waals surface area contributed by atoms with E-state index in [0.717, 1.165) is 0 Å². The Bertz CT molecular complexity index is 4240. The largest absolute Gasteiger partial charge is 0.0991 e. The lowest BCUT2D eigenvalue weighted by molar-refractivity contribution is 1.73. The third-order valence-electron chi connectivity index (χ3n) is 12.6. The van der Waals surface area contributed by atoms with E-state index >= 15 is 0 Å². The van der Waals surface area contributed by atoms with E-state index in [-0.39, 0.29) is 0 Å². The summed E-state index contributed by atoms with van der Waals surface area (Å²) in [6, 6.07) is 0. The molecule has 0 atom stereocenters. The topological polar surface area (TPSA) is 0 Å². The van der Waals surface area contributed by atoms with Crippen LogP contribution in [-0.2, 0) is 0 Å². The molecule has 0 unspecified atom stereocenters. The molecule has 0 saturated heterocycles. The van der Waals surface area contributed by atoms with Crippen molar-refractivity contribution in [3.05, 3.63) is 693 Å². The van der Waals surface area contributed by atoms with Gasteiger partial charge in [-0.1, -0.05) is 693 Å². The Kier molecular flexibility index (Phi) is 86.4. The molecule has 0 N–H and O–H groups in total. The lowest BCUT2D eigenvalue weighted by atomic mass is 10.3. The second kappa shape index (κ2) is 99.2. The van der Waals surface area contributed by atoms with Crippen molar-refractivity contribution in [2.75, 3.05) is 0 Å².